The Morgan fingerprint density at radius 3 is 2.45 bits per heavy atom. The molecule has 8 heteroatoms. The molecule has 0 amide bonds. The molecule has 0 saturated carbocycles. The van der Waals surface area contributed by atoms with Crippen LogP contribution >= 0.6 is 0 Å². The van der Waals surface area contributed by atoms with Crippen molar-refractivity contribution < 1.29 is 22.3 Å². The maximum Gasteiger partial charge on any atom is 0.433 e. The zero-order chi connectivity index (χ0) is 15.1. The molecular formula is C12H11F4N3O. The molecule has 0 spiro atoms. The van der Waals surface area contributed by atoms with Gasteiger partial charge in [-0.2, -0.15) is 13.2 Å². The lowest BCUT2D eigenvalue weighted by Crippen LogP contribution is -2.16. The molecule has 0 aliphatic rings. The minimum absolute atomic E-state index is 0.0416. The molecular weight excluding hydrogens is 278 g/mol. The van der Waals surface area contributed by atoms with Crippen molar-refractivity contribution in [3.8, 4) is 5.75 Å². The zero-order valence-electron chi connectivity index (χ0n) is 10.6. The van der Waals surface area contributed by atoms with Gasteiger partial charge in [0.25, 0.3) is 0 Å². The number of methoxy groups -OCH3 is 1. The van der Waals surface area contributed by atoms with Crippen LogP contribution in [0.2, 0.25) is 0 Å². The van der Waals surface area contributed by atoms with Crippen molar-refractivity contribution >= 4 is 16.6 Å². The lowest BCUT2D eigenvalue weighted by molar-refractivity contribution is -0.141. The summed E-state index contributed by atoms with van der Waals surface area (Å²) in [7, 11) is 1.22. The van der Waals surface area contributed by atoms with Crippen LogP contribution in [0.1, 0.15) is 11.3 Å². The predicted molar refractivity (Wildman–Crippen MR) is 65.8 cm³/mol. The number of anilines is 1. The maximum absolute atomic E-state index is 13.5. The second kappa shape index (κ2) is 4.78. The summed E-state index contributed by atoms with van der Waals surface area (Å²) in [6.07, 6.45) is -4.65. The Bertz CT molecular complexity index is 670. The highest BCUT2D eigenvalue weighted by Gasteiger charge is 2.36. The van der Waals surface area contributed by atoms with Crippen molar-refractivity contribution in [1.29, 1.82) is 0 Å². The van der Waals surface area contributed by atoms with Gasteiger partial charge in [0.15, 0.2) is 0 Å². The number of fused-ring (bicyclic) bond motifs is 1. The minimum atomic E-state index is -4.65. The third-order valence-electron chi connectivity index (χ3n) is 2.90. The van der Waals surface area contributed by atoms with E-state index in [0.717, 1.165) is 12.1 Å². The monoisotopic (exact) mass is 289 g/mol. The van der Waals surface area contributed by atoms with Crippen molar-refractivity contribution in [3.05, 3.63) is 29.2 Å². The fourth-order valence-corrected chi connectivity index (χ4v) is 2.01. The zero-order valence-corrected chi connectivity index (χ0v) is 10.6. The maximum atomic E-state index is 13.5. The van der Waals surface area contributed by atoms with Crippen LogP contribution in [0, 0.1) is 12.7 Å². The molecule has 3 N–H and O–H groups in total. The molecule has 0 radical (unpaired) electrons. The van der Waals surface area contributed by atoms with E-state index >= 15 is 0 Å². The van der Waals surface area contributed by atoms with Crippen LogP contribution in [0.4, 0.5) is 23.2 Å². The largest absolute Gasteiger partial charge is 0.494 e. The molecule has 2 rings (SSSR count). The number of hydrazine groups is 1. The van der Waals surface area contributed by atoms with Crippen LogP contribution in [0.25, 0.3) is 10.9 Å². The van der Waals surface area contributed by atoms with Gasteiger partial charge in [-0.15, -0.1) is 0 Å². The Kier molecular flexibility index (Phi) is 3.43. The summed E-state index contributed by atoms with van der Waals surface area (Å²) in [5.74, 6) is 4.51. The number of hydrogen-bond acceptors (Lipinski definition) is 4. The molecule has 1 aromatic heterocycles. The molecule has 0 aliphatic carbocycles. The average Bonchev–Trinajstić information content (AvgIpc) is 2.35. The fraction of sp³-hybridized carbons (Fsp3) is 0.250. The second-order valence-corrected chi connectivity index (χ2v) is 4.11. The number of hydrogen-bond donors (Lipinski definition) is 2. The molecule has 0 aliphatic heterocycles. The van der Waals surface area contributed by atoms with E-state index in [0.29, 0.717) is 0 Å². The number of benzene rings is 1. The van der Waals surface area contributed by atoms with Gasteiger partial charge in [0.1, 0.15) is 22.8 Å². The topological polar surface area (TPSA) is 60.2 Å². The Balaban J connectivity index is 2.95. The summed E-state index contributed by atoms with van der Waals surface area (Å²) in [5.41, 5.74) is 0.711. The summed E-state index contributed by atoms with van der Waals surface area (Å²) in [4.78, 5) is 3.55. The van der Waals surface area contributed by atoms with Gasteiger partial charge in [-0.25, -0.2) is 9.37 Å². The van der Waals surface area contributed by atoms with E-state index in [9.17, 15) is 17.6 Å². The minimum Gasteiger partial charge on any atom is -0.494 e. The van der Waals surface area contributed by atoms with E-state index in [2.05, 4.69) is 10.4 Å². The van der Waals surface area contributed by atoms with E-state index < -0.39 is 17.7 Å². The fourth-order valence-electron chi connectivity index (χ4n) is 2.01. The number of nitrogens with one attached hydrogen (secondary N) is 1. The molecule has 0 fully saturated rings. The van der Waals surface area contributed by atoms with Crippen LogP contribution in [-0.4, -0.2) is 12.1 Å². The van der Waals surface area contributed by atoms with Gasteiger partial charge in [0.05, 0.1) is 12.8 Å². The van der Waals surface area contributed by atoms with E-state index in [4.69, 9.17) is 10.6 Å². The van der Waals surface area contributed by atoms with Crippen molar-refractivity contribution in [1.82, 2.24) is 4.98 Å². The number of nitrogen functional groups attached to an aromatic ring is 1. The molecule has 0 unspecified atom stereocenters. The number of ether oxygens (including phenoxy) is 1. The first kappa shape index (κ1) is 14.3. The number of rotatable bonds is 2. The van der Waals surface area contributed by atoms with Gasteiger partial charge in [0, 0.05) is 17.0 Å². The van der Waals surface area contributed by atoms with Crippen molar-refractivity contribution in [3.63, 3.8) is 0 Å². The molecule has 4 nitrogen and oxygen atoms in total. The quantitative estimate of drug-likeness (QED) is 0.507. The first-order chi connectivity index (χ1) is 9.29. The Morgan fingerprint density at radius 2 is 1.95 bits per heavy atom. The Hall–Kier alpha value is -2.09. The molecule has 0 atom stereocenters. The summed E-state index contributed by atoms with van der Waals surface area (Å²) in [5, 5.41) is 0.120. The highest BCUT2D eigenvalue weighted by molar-refractivity contribution is 5.96. The van der Waals surface area contributed by atoms with E-state index in [1.807, 2.05) is 0 Å². The molecule has 0 saturated heterocycles. The summed E-state index contributed by atoms with van der Waals surface area (Å²) < 4.78 is 57.2. The molecule has 0 bridgehead atoms. The van der Waals surface area contributed by atoms with Crippen LogP contribution in [-0.2, 0) is 6.18 Å². The van der Waals surface area contributed by atoms with Gasteiger partial charge in [-0.3, -0.25) is 5.84 Å². The van der Waals surface area contributed by atoms with E-state index in [-0.39, 0.29) is 27.9 Å². The first-order valence-corrected chi connectivity index (χ1v) is 5.51. The highest BCUT2D eigenvalue weighted by atomic mass is 19.4. The number of nitrogens with zero attached hydrogens (tertiary/aromatic N) is 1. The van der Waals surface area contributed by atoms with Gasteiger partial charge in [-0.1, -0.05) is 0 Å². The second-order valence-electron chi connectivity index (χ2n) is 4.11. The third kappa shape index (κ3) is 2.22. The third-order valence-corrected chi connectivity index (χ3v) is 2.90. The number of pyridine rings is 1. The number of aromatic nitrogens is 1. The van der Waals surface area contributed by atoms with E-state index in [1.165, 1.54) is 14.0 Å². The Labute approximate surface area is 111 Å². The average molecular weight is 289 g/mol. The van der Waals surface area contributed by atoms with Gasteiger partial charge >= 0.3 is 6.18 Å². The van der Waals surface area contributed by atoms with Gasteiger partial charge < -0.3 is 10.2 Å². The van der Waals surface area contributed by atoms with Crippen LogP contribution in [0.5, 0.6) is 5.75 Å². The number of halogens is 4. The van der Waals surface area contributed by atoms with Crippen molar-refractivity contribution in [2.24, 2.45) is 5.84 Å². The molecule has 2 aromatic rings. The summed E-state index contributed by atoms with van der Waals surface area (Å²) in [6.45, 7) is 1.21. The lowest BCUT2D eigenvalue weighted by atomic mass is 10.1. The summed E-state index contributed by atoms with van der Waals surface area (Å²) >= 11 is 0. The standard InChI is InChI=1S/C12H11F4N3O/c1-5-9(19-17)7-3-6(13)4-8(20-2)10(7)18-11(5)12(14,15)16/h3-4H,17H2,1-2H3,(H,18,19). The molecule has 20 heavy (non-hydrogen) atoms. The van der Waals surface area contributed by atoms with Gasteiger partial charge in [0.2, 0.25) is 0 Å². The molecule has 1 aromatic carbocycles. The smallest absolute Gasteiger partial charge is 0.433 e. The van der Waals surface area contributed by atoms with Crippen LogP contribution in [0.3, 0.4) is 0 Å². The number of nitrogens with two attached hydrogens (primary N) is 1. The first-order valence-electron chi connectivity index (χ1n) is 5.51. The predicted octanol–water partition coefficient (Wildman–Crippen LogP) is 3.00. The number of alkyl halides is 3. The van der Waals surface area contributed by atoms with Crippen LogP contribution < -0.4 is 16.0 Å². The SMILES string of the molecule is COc1cc(F)cc2c(NN)c(C)c(C(F)(F)F)nc12. The van der Waals surface area contributed by atoms with Crippen molar-refractivity contribution in [2.45, 2.75) is 13.1 Å². The van der Waals surface area contributed by atoms with Crippen molar-refractivity contribution in [2.75, 3.05) is 12.5 Å². The Morgan fingerprint density at radius 1 is 1.30 bits per heavy atom. The molecule has 1 heterocycles. The molecule has 108 valence electrons. The lowest BCUT2D eigenvalue weighted by Gasteiger charge is -2.17. The van der Waals surface area contributed by atoms with E-state index in [1.54, 1.807) is 0 Å². The van der Waals surface area contributed by atoms with Crippen LogP contribution in [0.15, 0.2) is 12.1 Å². The highest BCUT2D eigenvalue weighted by Crippen LogP contribution is 2.39. The normalized spacial score (nSPS) is 11.8. The van der Waals surface area contributed by atoms with Gasteiger partial charge in [-0.05, 0) is 13.0 Å². The summed E-state index contributed by atoms with van der Waals surface area (Å²) in [6, 6.07) is 2.01.